The van der Waals surface area contributed by atoms with E-state index in [1.165, 1.54) is 11.3 Å². The zero-order valence-corrected chi connectivity index (χ0v) is 16.1. The molecule has 0 saturated carbocycles. The third-order valence-electron chi connectivity index (χ3n) is 3.76. The summed E-state index contributed by atoms with van der Waals surface area (Å²) < 4.78 is 0.978. The molecule has 0 bridgehead atoms. The average molecular weight is 387 g/mol. The normalized spacial score (nSPS) is 10.9. The fourth-order valence-corrected chi connectivity index (χ4v) is 3.98. The van der Waals surface area contributed by atoms with Crippen LogP contribution in [0.15, 0.2) is 48.5 Å². The van der Waals surface area contributed by atoms with Crippen LogP contribution in [-0.2, 0) is 4.79 Å². The summed E-state index contributed by atoms with van der Waals surface area (Å²) in [6, 6.07) is 14.7. The monoisotopic (exact) mass is 386 g/mol. The van der Waals surface area contributed by atoms with Gasteiger partial charge in [-0.15, -0.1) is 11.3 Å². The standard InChI is InChI=1S/C20H19ClN2O2S/c1-12(2)11-17(24)22-13-7-9-14(10-8-13)23-20(25)19-18(21)15-5-3-4-6-16(15)26-19/h3-10,12H,11H2,1-2H3,(H,22,24)(H,23,25). The molecule has 0 atom stereocenters. The number of carbonyl (C=O) groups excluding carboxylic acids is 2. The molecule has 0 aliphatic rings. The molecule has 1 heterocycles. The molecular weight excluding hydrogens is 368 g/mol. The molecule has 0 aliphatic carbocycles. The minimum absolute atomic E-state index is 0.0196. The molecule has 0 saturated heterocycles. The van der Waals surface area contributed by atoms with E-state index in [9.17, 15) is 9.59 Å². The van der Waals surface area contributed by atoms with E-state index < -0.39 is 0 Å². The topological polar surface area (TPSA) is 58.2 Å². The van der Waals surface area contributed by atoms with Crippen LogP contribution in [0.3, 0.4) is 0 Å². The number of benzene rings is 2. The molecule has 6 heteroatoms. The van der Waals surface area contributed by atoms with Crippen molar-refractivity contribution < 1.29 is 9.59 Å². The van der Waals surface area contributed by atoms with Gasteiger partial charge in [-0.25, -0.2) is 0 Å². The van der Waals surface area contributed by atoms with Gasteiger partial charge in [-0.3, -0.25) is 9.59 Å². The molecule has 0 spiro atoms. The van der Waals surface area contributed by atoms with Gasteiger partial charge < -0.3 is 10.6 Å². The van der Waals surface area contributed by atoms with Gasteiger partial charge in [-0.2, -0.15) is 0 Å². The maximum atomic E-state index is 12.5. The molecule has 134 valence electrons. The van der Waals surface area contributed by atoms with Gasteiger partial charge in [0.05, 0.1) is 5.02 Å². The third kappa shape index (κ3) is 4.23. The SMILES string of the molecule is CC(C)CC(=O)Nc1ccc(NC(=O)c2sc3ccccc3c2Cl)cc1. The lowest BCUT2D eigenvalue weighted by Crippen LogP contribution is -2.14. The Balaban J connectivity index is 1.69. The number of nitrogens with one attached hydrogen (secondary N) is 2. The Morgan fingerprint density at radius 3 is 2.23 bits per heavy atom. The highest BCUT2D eigenvalue weighted by Crippen LogP contribution is 2.35. The van der Waals surface area contributed by atoms with Crippen LogP contribution < -0.4 is 10.6 Å². The fraction of sp³-hybridized carbons (Fsp3) is 0.200. The van der Waals surface area contributed by atoms with E-state index in [1.807, 2.05) is 38.1 Å². The van der Waals surface area contributed by atoms with Gasteiger partial charge in [-0.05, 0) is 36.2 Å². The number of hydrogen-bond donors (Lipinski definition) is 2. The van der Waals surface area contributed by atoms with Crippen LogP contribution in [0.1, 0.15) is 29.9 Å². The summed E-state index contributed by atoms with van der Waals surface area (Å²) in [4.78, 5) is 24.8. The van der Waals surface area contributed by atoms with E-state index in [0.717, 1.165) is 10.1 Å². The molecule has 0 unspecified atom stereocenters. The van der Waals surface area contributed by atoms with Crippen molar-refractivity contribution in [3.05, 3.63) is 58.4 Å². The summed E-state index contributed by atoms with van der Waals surface area (Å²) in [5.74, 6) is 0.0428. The Labute approximate surface area is 161 Å². The number of thiophene rings is 1. The predicted molar refractivity (Wildman–Crippen MR) is 109 cm³/mol. The van der Waals surface area contributed by atoms with Crippen LogP contribution in [0.5, 0.6) is 0 Å². The van der Waals surface area contributed by atoms with Crippen LogP contribution in [0.2, 0.25) is 5.02 Å². The second-order valence-electron chi connectivity index (χ2n) is 6.42. The molecular formula is C20H19ClN2O2S. The second-order valence-corrected chi connectivity index (χ2v) is 7.85. The van der Waals surface area contributed by atoms with E-state index in [4.69, 9.17) is 11.6 Å². The van der Waals surface area contributed by atoms with Crippen molar-refractivity contribution in [2.24, 2.45) is 5.92 Å². The summed E-state index contributed by atoms with van der Waals surface area (Å²) in [5.41, 5.74) is 1.35. The number of hydrogen-bond acceptors (Lipinski definition) is 3. The minimum Gasteiger partial charge on any atom is -0.326 e. The lowest BCUT2D eigenvalue weighted by molar-refractivity contribution is -0.116. The molecule has 2 N–H and O–H groups in total. The smallest absolute Gasteiger partial charge is 0.267 e. The lowest BCUT2D eigenvalue weighted by Gasteiger charge is -2.09. The van der Waals surface area contributed by atoms with Gasteiger partial charge in [0.1, 0.15) is 4.88 Å². The van der Waals surface area contributed by atoms with Crippen molar-refractivity contribution in [1.29, 1.82) is 0 Å². The maximum absolute atomic E-state index is 12.5. The Morgan fingerprint density at radius 1 is 1.00 bits per heavy atom. The molecule has 2 aromatic carbocycles. The number of halogens is 1. The summed E-state index contributed by atoms with van der Waals surface area (Å²) >= 11 is 7.71. The van der Waals surface area contributed by atoms with E-state index in [1.54, 1.807) is 24.3 Å². The quantitative estimate of drug-likeness (QED) is 0.582. The zero-order valence-electron chi connectivity index (χ0n) is 14.5. The van der Waals surface area contributed by atoms with Crippen molar-refractivity contribution in [2.45, 2.75) is 20.3 Å². The van der Waals surface area contributed by atoms with Crippen molar-refractivity contribution >= 4 is 56.2 Å². The Bertz CT molecular complexity index is 948. The lowest BCUT2D eigenvalue weighted by atomic mass is 10.1. The summed E-state index contributed by atoms with van der Waals surface area (Å²) in [5, 5.41) is 7.04. The van der Waals surface area contributed by atoms with Gasteiger partial charge >= 0.3 is 0 Å². The van der Waals surface area contributed by atoms with Gasteiger partial charge in [0, 0.05) is 27.9 Å². The first kappa shape index (κ1) is 18.4. The number of anilines is 2. The van der Waals surface area contributed by atoms with Gasteiger partial charge in [0.15, 0.2) is 0 Å². The van der Waals surface area contributed by atoms with Crippen molar-refractivity contribution in [3.8, 4) is 0 Å². The molecule has 0 fully saturated rings. The Kier molecular flexibility index (Phi) is 5.59. The van der Waals surface area contributed by atoms with Crippen LogP contribution in [0, 0.1) is 5.92 Å². The van der Waals surface area contributed by atoms with Gasteiger partial charge in [0.2, 0.25) is 5.91 Å². The maximum Gasteiger partial charge on any atom is 0.267 e. The van der Waals surface area contributed by atoms with Crippen molar-refractivity contribution in [1.82, 2.24) is 0 Å². The number of rotatable bonds is 5. The highest BCUT2D eigenvalue weighted by Gasteiger charge is 2.17. The highest BCUT2D eigenvalue weighted by molar-refractivity contribution is 7.21. The van der Waals surface area contributed by atoms with Crippen LogP contribution in [0.25, 0.3) is 10.1 Å². The van der Waals surface area contributed by atoms with Gasteiger partial charge in [-0.1, -0.05) is 43.6 Å². The molecule has 0 aliphatic heterocycles. The highest BCUT2D eigenvalue weighted by atomic mass is 35.5. The molecule has 26 heavy (non-hydrogen) atoms. The zero-order chi connectivity index (χ0) is 18.7. The Morgan fingerprint density at radius 2 is 1.62 bits per heavy atom. The average Bonchev–Trinajstić information content (AvgIpc) is 2.93. The second kappa shape index (κ2) is 7.89. The molecule has 3 rings (SSSR count). The molecule has 0 radical (unpaired) electrons. The fourth-order valence-electron chi connectivity index (χ4n) is 2.57. The largest absolute Gasteiger partial charge is 0.326 e. The van der Waals surface area contributed by atoms with Gasteiger partial charge in [0.25, 0.3) is 5.91 Å². The number of fused-ring (bicyclic) bond motifs is 1. The molecule has 4 nitrogen and oxygen atoms in total. The summed E-state index contributed by atoms with van der Waals surface area (Å²) in [6.07, 6.45) is 0.475. The minimum atomic E-state index is -0.243. The summed E-state index contributed by atoms with van der Waals surface area (Å²) in [6.45, 7) is 3.99. The first-order chi connectivity index (χ1) is 12.4. The van der Waals surface area contributed by atoms with Crippen molar-refractivity contribution in [2.75, 3.05) is 10.6 Å². The van der Waals surface area contributed by atoms with Crippen LogP contribution in [-0.4, -0.2) is 11.8 Å². The first-order valence-corrected chi connectivity index (χ1v) is 9.52. The van der Waals surface area contributed by atoms with Crippen LogP contribution in [0.4, 0.5) is 11.4 Å². The van der Waals surface area contributed by atoms with E-state index in [0.29, 0.717) is 33.6 Å². The van der Waals surface area contributed by atoms with E-state index >= 15 is 0 Å². The number of carbonyl (C=O) groups is 2. The Hall–Kier alpha value is -2.37. The first-order valence-electron chi connectivity index (χ1n) is 8.32. The molecule has 1 aromatic heterocycles. The summed E-state index contributed by atoms with van der Waals surface area (Å²) in [7, 11) is 0. The molecule has 2 amide bonds. The molecule has 3 aromatic rings. The van der Waals surface area contributed by atoms with Crippen molar-refractivity contribution in [3.63, 3.8) is 0 Å². The van der Waals surface area contributed by atoms with E-state index in [-0.39, 0.29) is 11.8 Å². The van der Waals surface area contributed by atoms with E-state index in [2.05, 4.69) is 10.6 Å². The predicted octanol–water partition coefficient (Wildman–Crippen LogP) is 5.79. The number of amides is 2. The third-order valence-corrected chi connectivity index (χ3v) is 5.44. The van der Waals surface area contributed by atoms with Crippen LogP contribution >= 0.6 is 22.9 Å².